The Morgan fingerprint density at radius 2 is 2.04 bits per heavy atom. The summed E-state index contributed by atoms with van der Waals surface area (Å²) >= 11 is 1.34. The number of aryl methyl sites for hydroxylation is 2. The molecular weight excluding hydrogens is 324 g/mol. The quantitative estimate of drug-likeness (QED) is 0.903. The van der Waals surface area contributed by atoms with Crippen LogP contribution in [-0.2, 0) is 0 Å². The largest absolute Gasteiger partial charge is 0.338 e. The molecular formula is C17H24N4O2S. The molecule has 6 nitrogen and oxygen atoms in total. The molecule has 0 aliphatic carbocycles. The van der Waals surface area contributed by atoms with Crippen LogP contribution in [0.2, 0.25) is 0 Å². The number of hydrogen-bond acceptors (Lipinski definition) is 5. The molecule has 0 spiro atoms. The summed E-state index contributed by atoms with van der Waals surface area (Å²) in [6.07, 6.45) is 3.11. The van der Waals surface area contributed by atoms with E-state index in [-0.39, 0.29) is 11.5 Å². The van der Waals surface area contributed by atoms with E-state index in [0.29, 0.717) is 27.0 Å². The van der Waals surface area contributed by atoms with Gasteiger partial charge < -0.3 is 14.8 Å². The molecule has 0 unspecified atom stereocenters. The van der Waals surface area contributed by atoms with E-state index in [1.165, 1.54) is 11.3 Å². The van der Waals surface area contributed by atoms with Gasteiger partial charge in [0.15, 0.2) is 0 Å². The number of likely N-dealkylation sites (tertiary alicyclic amines) is 1. The summed E-state index contributed by atoms with van der Waals surface area (Å²) in [5, 5.41) is 0.551. The van der Waals surface area contributed by atoms with Crippen LogP contribution in [0.25, 0.3) is 10.2 Å². The van der Waals surface area contributed by atoms with E-state index in [2.05, 4.69) is 29.0 Å². The van der Waals surface area contributed by atoms with Crippen molar-refractivity contribution >= 4 is 27.5 Å². The summed E-state index contributed by atoms with van der Waals surface area (Å²) in [4.78, 5) is 37.8. The lowest BCUT2D eigenvalue weighted by molar-refractivity contribution is 0.0763. The van der Waals surface area contributed by atoms with E-state index in [9.17, 15) is 9.59 Å². The third kappa shape index (κ3) is 3.10. The lowest BCUT2D eigenvalue weighted by atomic mass is 10.1. The molecule has 3 heterocycles. The van der Waals surface area contributed by atoms with Crippen LogP contribution < -0.4 is 5.56 Å². The summed E-state index contributed by atoms with van der Waals surface area (Å²) in [5.41, 5.74) is 0.594. The predicted octanol–water partition coefficient (Wildman–Crippen LogP) is 2.16. The molecule has 0 bridgehead atoms. The van der Waals surface area contributed by atoms with Crippen LogP contribution in [0.15, 0.2) is 4.79 Å². The van der Waals surface area contributed by atoms with Gasteiger partial charge in [0.1, 0.15) is 10.7 Å². The average Bonchev–Trinajstić information content (AvgIpc) is 2.71. The molecule has 0 radical (unpaired) electrons. The Bertz CT molecular complexity index is 824. The van der Waals surface area contributed by atoms with Gasteiger partial charge >= 0.3 is 0 Å². The Balaban J connectivity index is 1.90. The van der Waals surface area contributed by atoms with Crippen molar-refractivity contribution in [3.8, 4) is 0 Å². The fourth-order valence-corrected chi connectivity index (χ4v) is 4.59. The molecule has 1 atom stereocenters. The summed E-state index contributed by atoms with van der Waals surface area (Å²) in [5.74, 6) is 0.614. The topological polar surface area (TPSA) is 69.3 Å². The van der Waals surface area contributed by atoms with Crippen LogP contribution in [0.1, 0.15) is 40.3 Å². The second-order valence-electron chi connectivity index (χ2n) is 6.73. The minimum atomic E-state index is -0.158. The number of fused-ring (bicyclic) bond motifs is 1. The molecule has 24 heavy (non-hydrogen) atoms. The third-order valence-corrected chi connectivity index (χ3v) is 6.00. The highest BCUT2D eigenvalue weighted by Gasteiger charge is 2.26. The van der Waals surface area contributed by atoms with Crippen molar-refractivity contribution < 1.29 is 4.79 Å². The van der Waals surface area contributed by atoms with Gasteiger partial charge in [-0.05, 0) is 52.8 Å². The van der Waals surface area contributed by atoms with Gasteiger partial charge in [-0.15, -0.1) is 11.3 Å². The maximum Gasteiger partial charge on any atom is 0.264 e. The van der Waals surface area contributed by atoms with Gasteiger partial charge in [0.2, 0.25) is 0 Å². The number of carbonyl (C=O) groups is 1. The highest BCUT2D eigenvalue weighted by Crippen LogP contribution is 2.29. The molecule has 2 aromatic heterocycles. The van der Waals surface area contributed by atoms with E-state index in [4.69, 9.17) is 0 Å². The lowest BCUT2D eigenvalue weighted by Gasteiger charge is -2.23. The zero-order valence-corrected chi connectivity index (χ0v) is 15.5. The number of aromatic nitrogens is 2. The van der Waals surface area contributed by atoms with Gasteiger partial charge in [-0.3, -0.25) is 9.59 Å². The van der Waals surface area contributed by atoms with Gasteiger partial charge in [-0.1, -0.05) is 0 Å². The summed E-state index contributed by atoms with van der Waals surface area (Å²) in [6.45, 7) is 5.14. The van der Waals surface area contributed by atoms with Gasteiger partial charge in [0, 0.05) is 19.1 Å². The van der Waals surface area contributed by atoms with Crippen LogP contribution in [0, 0.1) is 13.8 Å². The minimum Gasteiger partial charge on any atom is -0.338 e. The molecule has 1 amide bonds. The zero-order valence-electron chi connectivity index (χ0n) is 14.7. The van der Waals surface area contributed by atoms with Crippen LogP contribution in [0.5, 0.6) is 0 Å². The highest BCUT2D eigenvalue weighted by molar-refractivity contribution is 7.20. The number of H-pyrrole nitrogens is 1. The Morgan fingerprint density at radius 1 is 1.29 bits per heavy atom. The van der Waals surface area contributed by atoms with E-state index in [0.717, 1.165) is 37.9 Å². The van der Waals surface area contributed by atoms with Crippen LogP contribution in [-0.4, -0.2) is 58.9 Å². The van der Waals surface area contributed by atoms with Gasteiger partial charge in [-0.2, -0.15) is 0 Å². The van der Waals surface area contributed by atoms with Crippen LogP contribution in [0.4, 0.5) is 0 Å². The second-order valence-corrected chi connectivity index (χ2v) is 7.73. The van der Waals surface area contributed by atoms with Crippen LogP contribution >= 0.6 is 11.3 Å². The van der Waals surface area contributed by atoms with Gasteiger partial charge in [0.25, 0.3) is 11.5 Å². The van der Waals surface area contributed by atoms with Crippen molar-refractivity contribution in [2.45, 2.75) is 39.2 Å². The molecule has 1 fully saturated rings. The first-order valence-corrected chi connectivity index (χ1v) is 9.16. The molecule has 1 aliphatic heterocycles. The van der Waals surface area contributed by atoms with E-state index < -0.39 is 0 Å². The van der Waals surface area contributed by atoms with Crippen molar-refractivity contribution in [2.24, 2.45) is 0 Å². The van der Waals surface area contributed by atoms with E-state index in [1.54, 1.807) is 6.92 Å². The van der Waals surface area contributed by atoms with Crippen LogP contribution in [0.3, 0.4) is 0 Å². The normalized spacial score (nSPS) is 19.0. The molecule has 130 valence electrons. The molecule has 1 N–H and O–H groups in total. The Labute approximate surface area is 145 Å². The first-order chi connectivity index (χ1) is 11.4. The van der Waals surface area contributed by atoms with Gasteiger partial charge in [0.05, 0.1) is 10.3 Å². The Kier molecular flexibility index (Phi) is 4.73. The summed E-state index contributed by atoms with van der Waals surface area (Å²) in [6, 6.07) is 0.526. The molecule has 2 aromatic rings. The SMILES string of the molecule is Cc1nc2sc(C(=O)N3CCC[C@H](N(C)C)CC3)c(C)c2c(=O)[nH]1. The van der Waals surface area contributed by atoms with Crippen molar-refractivity contribution in [1.29, 1.82) is 0 Å². The molecule has 0 aromatic carbocycles. The Morgan fingerprint density at radius 3 is 2.75 bits per heavy atom. The number of nitrogens with one attached hydrogen (secondary N) is 1. The molecule has 1 aliphatic rings. The number of thiophene rings is 1. The summed E-state index contributed by atoms with van der Waals surface area (Å²) < 4.78 is 0. The van der Waals surface area contributed by atoms with Gasteiger partial charge in [-0.25, -0.2) is 4.98 Å². The highest BCUT2D eigenvalue weighted by atomic mass is 32.1. The zero-order chi connectivity index (χ0) is 17.4. The molecule has 0 saturated carbocycles. The number of carbonyl (C=O) groups excluding carboxylic acids is 1. The van der Waals surface area contributed by atoms with Crippen molar-refractivity contribution in [3.05, 3.63) is 26.6 Å². The summed E-state index contributed by atoms with van der Waals surface area (Å²) in [7, 11) is 4.19. The molecule has 7 heteroatoms. The number of hydrogen-bond donors (Lipinski definition) is 1. The molecule has 3 rings (SSSR count). The number of aromatic amines is 1. The minimum absolute atomic E-state index is 0.0342. The number of rotatable bonds is 2. The van der Waals surface area contributed by atoms with E-state index >= 15 is 0 Å². The van der Waals surface area contributed by atoms with Crippen molar-refractivity contribution in [1.82, 2.24) is 19.8 Å². The third-order valence-electron chi connectivity index (χ3n) is 4.83. The first kappa shape index (κ1) is 17.1. The lowest BCUT2D eigenvalue weighted by Crippen LogP contribution is -2.33. The monoisotopic (exact) mass is 348 g/mol. The first-order valence-electron chi connectivity index (χ1n) is 8.34. The van der Waals surface area contributed by atoms with E-state index in [1.807, 2.05) is 11.8 Å². The average molecular weight is 348 g/mol. The number of nitrogens with zero attached hydrogens (tertiary/aromatic N) is 3. The predicted molar refractivity (Wildman–Crippen MR) is 96.9 cm³/mol. The maximum absolute atomic E-state index is 13.0. The van der Waals surface area contributed by atoms with Crippen molar-refractivity contribution in [2.75, 3.05) is 27.2 Å². The van der Waals surface area contributed by atoms with Crippen molar-refractivity contribution in [3.63, 3.8) is 0 Å². The molecule has 1 saturated heterocycles. The maximum atomic E-state index is 13.0. The second kappa shape index (κ2) is 6.64. The smallest absolute Gasteiger partial charge is 0.264 e. The standard InChI is InChI=1S/C17H24N4O2S/c1-10-13-15(22)18-11(2)19-16(13)24-14(10)17(23)21-8-5-6-12(7-9-21)20(3)4/h12H,5-9H2,1-4H3,(H,18,19,22)/t12-/m0/s1. The fraction of sp³-hybridized carbons (Fsp3) is 0.588. The fourth-order valence-electron chi connectivity index (χ4n) is 3.40. The number of amides is 1. The Hall–Kier alpha value is -1.73.